The molecule has 0 spiro atoms. The van der Waals surface area contributed by atoms with Crippen LogP contribution in [0.1, 0.15) is 33.6 Å². The van der Waals surface area contributed by atoms with E-state index in [2.05, 4.69) is 65.4 Å². The normalized spacial score (nSPS) is 20.0. The molecule has 1 fully saturated rings. The lowest BCUT2D eigenvalue weighted by atomic mass is 9.97. The lowest BCUT2D eigenvalue weighted by Gasteiger charge is -2.34. The van der Waals surface area contributed by atoms with Gasteiger partial charge in [-0.25, -0.2) is 0 Å². The van der Waals surface area contributed by atoms with Gasteiger partial charge in [0.05, 0.1) is 0 Å². The molecule has 5 heteroatoms. The maximum Gasteiger partial charge on any atom is 0.191 e. The third-order valence-corrected chi connectivity index (χ3v) is 4.46. The van der Waals surface area contributed by atoms with Crippen molar-refractivity contribution in [3.8, 4) is 0 Å². The highest BCUT2D eigenvalue weighted by atomic mass is 15.2. The summed E-state index contributed by atoms with van der Waals surface area (Å²) in [5.74, 6) is 1.63. The van der Waals surface area contributed by atoms with E-state index in [1.807, 2.05) is 0 Å². The second-order valence-electron chi connectivity index (χ2n) is 6.66. The number of aromatic nitrogens is 1. The maximum atomic E-state index is 4.81. The molecule has 1 aliphatic rings. The van der Waals surface area contributed by atoms with Crippen LogP contribution in [0.15, 0.2) is 29.5 Å². The molecule has 0 amide bonds. The molecule has 0 saturated carbocycles. The molecular weight excluding hydrogens is 286 g/mol. The molecule has 2 heterocycles. The van der Waals surface area contributed by atoms with Gasteiger partial charge >= 0.3 is 0 Å². The Morgan fingerprint density at radius 2 is 2.04 bits per heavy atom. The van der Waals surface area contributed by atoms with Crippen LogP contribution in [0.4, 0.5) is 0 Å². The lowest BCUT2D eigenvalue weighted by molar-refractivity contribution is 0.143. The van der Waals surface area contributed by atoms with Gasteiger partial charge in [0, 0.05) is 51.2 Å². The predicted molar refractivity (Wildman–Crippen MR) is 97.8 cm³/mol. The third kappa shape index (κ3) is 6.26. The fourth-order valence-corrected chi connectivity index (χ4v) is 3.10. The number of likely N-dealkylation sites (tertiary alicyclic amines) is 1. The summed E-state index contributed by atoms with van der Waals surface area (Å²) in [6, 6.07) is 4.76. The summed E-state index contributed by atoms with van der Waals surface area (Å²) in [6.45, 7) is 12.8. The molecule has 0 radical (unpaired) electrons. The van der Waals surface area contributed by atoms with Crippen LogP contribution in [0.3, 0.4) is 0 Å². The quantitative estimate of drug-likeness (QED) is 0.598. The van der Waals surface area contributed by atoms with Gasteiger partial charge in [-0.1, -0.05) is 0 Å². The van der Waals surface area contributed by atoms with Crippen LogP contribution in [0.5, 0.6) is 0 Å². The van der Waals surface area contributed by atoms with Crippen LogP contribution in [-0.4, -0.2) is 54.2 Å². The molecule has 0 aromatic carbocycles. The molecule has 23 heavy (non-hydrogen) atoms. The third-order valence-electron chi connectivity index (χ3n) is 4.46. The van der Waals surface area contributed by atoms with E-state index in [9.17, 15) is 0 Å². The van der Waals surface area contributed by atoms with Crippen LogP contribution in [-0.2, 0) is 6.54 Å². The maximum absolute atomic E-state index is 4.81. The van der Waals surface area contributed by atoms with Crippen molar-refractivity contribution in [3.05, 3.63) is 24.5 Å². The first-order valence-corrected chi connectivity index (χ1v) is 9.06. The summed E-state index contributed by atoms with van der Waals surface area (Å²) in [5.41, 5.74) is 0. The molecule has 1 atom stereocenters. The van der Waals surface area contributed by atoms with Gasteiger partial charge in [0.15, 0.2) is 5.96 Å². The number of guanidine groups is 1. The van der Waals surface area contributed by atoms with E-state index in [4.69, 9.17) is 4.99 Å². The fraction of sp³-hybridized carbons (Fsp3) is 0.722. The van der Waals surface area contributed by atoms with Crippen LogP contribution >= 0.6 is 0 Å². The molecule has 1 unspecified atom stereocenters. The van der Waals surface area contributed by atoms with Gasteiger partial charge < -0.3 is 20.1 Å². The molecule has 1 aliphatic heterocycles. The second-order valence-corrected chi connectivity index (χ2v) is 6.66. The molecule has 0 aliphatic carbocycles. The zero-order chi connectivity index (χ0) is 16.5. The first-order chi connectivity index (χ1) is 11.2. The van der Waals surface area contributed by atoms with Crippen molar-refractivity contribution in [2.75, 3.05) is 32.7 Å². The van der Waals surface area contributed by atoms with E-state index >= 15 is 0 Å². The first-order valence-electron chi connectivity index (χ1n) is 9.06. The molecule has 1 saturated heterocycles. The number of nitrogens with one attached hydrogen (secondary N) is 2. The van der Waals surface area contributed by atoms with Gasteiger partial charge in [-0.15, -0.1) is 0 Å². The number of piperidine rings is 1. The van der Waals surface area contributed by atoms with Crippen molar-refractivity contribution in [2.45, 2.75) is 46.2 Å². The monoisotopic (exact) mass is 319 g/mol. The summed E-state index contributed by atoms with van der Waals surface area (Å²) in [4.78, 5) is 7.39. The molecule has 0 bridgehead atoms. The fourth-order valence-electron chi connectivity index (χ4n) is 3.10. The number of hydrogen-bond donors (Lipinski definition) is 2. The van der Waals surface area contributed by atoms with E-state index in [0.717, 1.165) is 32.1 Å². The molecule has 130 valence electrons. The average molecular weight is 319 g/mol. The summed E-state index contributed by atoms with van der Waals surface area (Å²) < 4.78 is 2.18. The lowest BCUT2D eigenvalue weighted by Crippen LogP contribution is -2.42. The molecule has 2 rings (SSSR count). The van der Waals surface area contributed by atoms with Crippen molar-refractivity contribution < 1.29 is 0 Å². The molecule has 5 nitrogen and oxygen atoms in total. The van der Waals surface area contributed by atoms with Crippen molar-refractivity contribution in [1.29, 1.82) is 0 Å². The number of hydrogen-bond acceptors (Lipinski definition) is 2. The standard InChI is InChI=1S/C18H33N5/c1-4-19-18(20-9-13-22-10-5-6-11-22)21-14-17-8-7-12-23(15-17)16(2)3/h5-6,10-11,16-17H,4,7-9,12-15H2,1-3H3,(H2,19,20,21). The van der Waals surface area contributed by atoms with Crippen molar-refractivity contribution in [2.24, 2.45) is 10.9 Å². The highest BCUT2D eigenvalue weighted by Gasteiger charge is 2.21. The van der Waals surface area contributed by atoms with Gasteiger partial charge in [-0.2, -0.15) is 0 Å². The van der Waals surface area contributed by atoms with Crippen LogP contribution in [0.25, 0.3) is 0 Å². The van der Waals surface area contributed by atoms with E-state index in [1.54, 1.807) is 0 Å². The Balaban J connectivity index is 1.78. The van der Waals surface area contributed by atoms with Gasteiger partial charge in [0.1, 0.15) is 0 Å². The van der Waals surface area contributed by atoms with E-state index in [0.29, 0.717) is 12.0 Å². The summed E-state index contributed by atoms with van der Waals surface area (Å²) >= 11 is 0. The number of nitrogens with zero attached hydrogens (tertiary/aromatic N) is 3. The zero-order valence-electron chi connectivity index (χ0n) is 15.0. The zero-order valence-corrected chi connectivity index (χ0v) is 15.0. The Kier molecular flexibility index (Phi) is 7.46. The van der Waals surface area contributed by atoms with Crippen LogP contribution in [0.2, 0.25) is 0 Å². The number of aliphatic imine (C=N–C) groups is 1. The molecular formula is C18H33N5. The minimum absolute atomic E-state index is 0.648. The van der Waals surface area contributed by atoms with E-state index in [1.165, 1.54) is 25.9 Å². The minimum Gasteiger partial charge on any atom is -0.357 e. The minimum atomic E-state index is 0.648. The van der Waals surface area contributed by atoms with Crippen LogP contribution in [0, 0.1) is 5.92 Å². The van der Waals surface area contributed by atoms with E-state index in [-0.39, 0.29) is 0 Å². The second kappa shape index (κ2) is 9.60. The van der Waals surface area contributed by atoms with Crippen LogP contribution < -0.4 is 10.6 Å². The van der Waals surface area contributed by atoms with Crippen molar-refractivity contribution in [3.63, 3.8) is 0 Å². The molecule has 1 aromatic rings. The number of rotatable bonds is 7. The molecule has 1 aromatic heterocycles. The van der Waals surface area contributed by atoms with Gasteiger partial charge in [0.25, 0.3) is 0 Å². The SMILES string of the molecule is CCNC(=NCC1CCCN(C(C)C)C1)NCCn1cccc1. The Morgan fingerprint density at radius 1 is 1.26 bits per heavy atom. The molecule has 2 N–H and O–H groups in total. The van der Waals surface area contributed by atoms with E-state index < -0.39 is 0 Å². The highest BCUT2D eigenvalue weighted by molar-refractivity contribution is 5.79. The Labute approximate surface area is 141 Å². The topological polar surface area (TPSA) is 44.6 Å². The first kappa shape index (κ1) is 17.9. The van der Waals surface area contributed by atoms with Crippen molar-refractivity contribution >= 4 is 5.96 Å². The Bertz CT molecular complexity index is 452. The average Bonchev–Trinajstić information content (AvgIpc) is 3.06. The summed E-state index contributed by atoms with van der Waals surface area (Å²) in [6.07, 6.45) is 6.79. The highest BCUT2D eigenvalue weighted by Crippen LogP contribution is 2.18. The smallest absolute Gasteiger partial charge is 0.191 e. The summed E-state index contributed by atoms with van der Waals surface area (Å²) in [7, 11) is 0. The predicted octanol–water partition coefficient (Wildman–Crippen LogP) is 2.16. The van der Waals surface area contributed by atoms with Gasteiger partial charge in [0.2, 0.25) is 0 Å². The van der Waals surface area contributed by atoms with Gasteiger partial charge in [-0.05, 0) is 58.2 Å². The van der Waals surface area contributed by atoms with Gasteiger partial charge in [-0.3, -0.25) is 4.99 Å². The summed E-state index contributed by atoms with van der Waals surface area (Å²) in [5, 5.41) is 6.79. The Hall–Kier alpha value is -1.49. The Morgan fingerprint density at radius 3 is 2.74 bits per heavy atom. The van der Waals surface area contributed by atoms with Crippen molar-refractivity contribution in [1.82, 2.24) is 20.1 Å². The largest absolute Gasteiger partial charge is 0.357 e.